The molecule has 1 saturated heterocycles. The molecule has 4 rings (SSSR count). The van der Waals surface area contributed by atoms with E-state index in [2.05, 4.69) is 12.0 Å². The van der Waals surface area contributed by atoms with Gasteiger partial charge in [-0.1, -0.05) is 56.2 Å². The molecule has 2 aromatic carbocycles. The van der Waals surface area contributed by atoms with Gasteiger partial charge in [0.1, 0.15) is 5.75 Å². The highest BCUT2D eigenvalue weighted by atomic mass is 16.5. The average Bonchev–Trinajstić information content (AvgIpc) is 3.38. The lowest BCUT2D eigenvalue weighted by Crippen LogP contribution is -2.39. The topological polar surface area (TPSA) is 73.7 Å². The Labute approximate surface area is 200 Å². The highest BCUT2D eigenvalue weighted by molar-refractivity contribution is 6.04. The monoisotopic (exact) mass is 463 g/mol. The van der Waals surface area contributed by atoms with Gasteiger partial charge in [0.25, 0.3) is 11.5 Å². The molecule has 34 heavy (non-hydrogen) atoms. The number of ether oxygens (including phenoxy) is 2. The average molecular weight is 464 g/mol. The van der Waals surface area contributed by atoms with E-state index in [0.29, 0.717) is 42.7 Å². The zero-order valence-corrected chi connectivity index (χ0v) is 20.0. The highest BCUT2D eigenvalue weighted by Crippen LogP contribution is 2.24. The molecule has 0 saturated carbocycles. The summed E-state index contributed by atoms with van der Waals surface area (Å²) in [6.45, 7) is 4.16. The van der Waals surface area contributed by atoms with E-state index in [4.69, 9.17) is 9.47 Å². The quantitative estimate of drug-likeness (QED) is 0.416. The molecular weight excluding hydrogens is 430 g/mol. The summed E-state index contributed by atoms with van der Waals surface area (Å²) in [5, 5.41) is 5.70. The molecule has 1 aliphatic rings. The molecule has 3 aromatic rings. The molecule has 0 N–H and O–H groups in total. The number of benzene rings is 2. The number of unbranched alkanes of at least 4 members (excludes halogenated alkanes) is 2. The number of nitrogens with zero attached hydrogens (tertiary/aromatic N) is 3. The number of fused-ring (bicyclic) bond motifs is 1. The zero-order valence-electron chi connectivity index (χ0n) is 20.0. The number of amides is 1. The van der Waals surface area contributed by atoms with Crippen LogP contribution in [0.4, 0.5) is 0 Å². The predicted octanol–water partition coefficient (Wildman–Crippen LogP) is 4.42. The van der Waals surface area contributed by atoms with E-state index in [1.807, 2.05) is 36.4 Å². The van der Waals surface area contributed by atoms with Crippen LogP contribution in [-0.2, 0) is 17.8 Å². The molecule has 0 radical (unpaired) electrons. The number of aromatic nitrogens is 2. The van der Waals surface area contributed by atoms with Crippen LogP contribution in [0.1, 0.15) is 55.1 Å². The summed E-state index contributed by atoms with van der Waals surface area (Å²) in [6, 6.07) is 15.0. The fourth-order valence-electron chi connectivity index (χ4n) is 4.50. The Bertz CT molecular complexity index is 1180. The molecule has 7 heteroatoms. The smallest absolute Gasteiger partial charge is 0.275 e. The van der Waals surface area contributed by atoms with Gasteiger partial charge in [-0.05, 0) is 31.4 Å². The Morgan fingerprint density at radius 3 is 2.65 bits per heavy atom. The third kappa shape index (κ3) is 5.30. The number of rotatable bonds is 10. The number of para-hydroxylation sites is 1. The van der Waals surface area contributed by atoms with Crippen molar-refractivity contribution < 1.29 is 14.3 Å². The first-order valence-corrected chi connectivity index (χ1v) is 12.1. The van der Waals surface area contributed by atoms with Crippen molar-refractivity contribution in [3.63, 3.8) is 0 Å². The van der Waals surface area contributed by atoms with Crippen molar-refractivity contribution in [3.05, 3.63) is 70.1 Å². The van der Waals surface area contributed by atoms with Crippen LogP contribution in [0.25, 0.3) is 10.8 Å². The van der Waals surface area contributed by atoms with Gasteiger partial charge in [-0.15, -0.1) is 0 Å². The van der Waals surface area contributed by atoms with Crippen LogP contribution < -0.4 is 10.3 Å². The molecule has 1 aliphatic heterocycles. The Morgan fingerprint density at radius 1 is 1.15 bits per heavy atom. The van der Waals surface area contributed by atoms with E-state index in [1.165, 1.54) is 4.68 Å². The van der Waals surface area contributed by atoms with Gasteiger partial charge in [-0.2, -0.15) is 5.10 Å². The lowest BCUT2D eigenvalue weighted by Gasteiger charge is -2.26. The van der Waals surface area contributed by atoms with Crippen molar-refractivity contribution in [2.24, 2.45) is 0 Å². The minimum atomic E-state index is -0.207. The third-order valence-corrected chi connectivity index (χ3v) is 6.33. The fraction of sp³-hybridized carbons (Fsp3) is 0.444. The normalized spacial score (nSPS) is 15.5. The van der Waals surface area contributed by atoms with E-state index in [1.54, 1.807) is 24.1 Å². The van der Waals surface area contributed by atoms with Crippen LogP contribution in [0, 0.1) is 0 Å². The molecule has 0 bridgehead atoms. The van der Waals surface area contributed by atoms with E-state index < -0.39 is 0 Å². The molecule has 0 aliphatic carbocycles. The summed E-state index contributed by atoms with van der Waals surface area (Å²) in [5.41, 5.74) is 1.06. The number of carbonyl (C=O) groups is 1. The SMILES string of the molecule is CCCCCn1nc(C(=O)N(Cc2ccccc2OC)CC2CCCO2)c2ccccc2c1=O. The first kappa shape index (κ1) is 24.0. The van der Waals surface area contributed by atoms with Gasteiger partial charge < -0.3 is 14.4 Å². The Balaban J connectivity index is 1.74. The molecule has 0 spiro atoms. The van der Waals surface area contributed by atoms with Gasteiger partial charge in [-0.25, -0.2) is 4.68 Å². The second-order valence-corrected chi connectivity index (χ2v) is 8.76. The Kier molecular flexibility index (Phi) is 7.95. The van der Waals surface area contributed by atoms with Crippen molar-refractivity contribution in [2.75, 3.05) is 20.3 Å². The molecule has 180 valence electrons. The summed E-state index contributed by atoms with van der Waals surface area (Å²) < 4.78 is 12.8. The molecular formula is C27H33N3O4. The van der Waals surface area contributed by atoms with Crippen LogP contribution in [0.2, 0.25) is 0 Å². The van der Waals surface area contributed by atoms with Gasteiger partial charge in [0.05, 0.1) is 18.6 Å². The van der Waals surface area contributed by atoms with Crippen LogP contribution in [0.5, 0.6) is 5.75 Å². The van der Waals surface area contributed by atoms with E-state index in [9.17, 15) is 9.59 Å². The molecule has 7 nitrogen and oxygen atoms in total. The maximum Gasteiger partial charge on any atom is 0.275 e. The molecule has 1 aromatic heterocycles. The van der Waals surface area contributed by atoms with Crippen LogP contribution in [-0.4, -0.2) is 47.0 Å². The Hall–Kier alpha value is -3.19. The van der Waals surface area contributed by atoms with Gasteiger partial charge >= 0.3 is 0 Å². The number of hydrogen-bond acceptors (Lipinski definition) is 5. The minimum absolute atomic E-state index is 0.0135. The molecule has 1 atom stereocenters. The van der Waals surface area contributed by atoms with Crippen molar-refractivity contribution in [3.8, 4) is 5.75 Å². The molecule has 1 unspecified atom stereocenters. The van der Waals surface area contributed by atoms with Crippen molar-refractivity contribution in [1.82, 2.24) is 14.7 Å². The number of methoxy groups -OCH3 is 1. The van der Waals surface area contributed by atoms with Gasteiger partial charge in [0.15, 0.2) is 5.69 Å². The standard InChI is InChI=1S/C27H33N3O4/c1-3-4-9-16-30-26(31)23-14-7-6-13-22(23)25(28-30)27(32)29(19-21-12-10-17-34-21)18-20-11-5-8-15-24(20)33-2/h5-8,11,13-15,21H,3-4,9-10,12,16-19H2,1-2H3. The molecule has 2 heterocycles. The summed E-state index contributed by atoms with van der Waals surface area (Å²) in [7, 11) is 1.63. The van der Waals surface area contributed by atoms with Crippen molar-refractivity contribution in [2.45, 2.75) is 58.2 Å². The Morgan fingerprint density at radius 2 is 1.91 bits per heavy atom. The maximum atomic E-state index is 14.0. The van der Waals surface area contributed by atoms with Crippen molar-refractivity contribution in [1.29, 1.82) is 0 Å². The number of aryl methyl sites for hydroxylation is 1. The lowest BCUT2D eigenvalue weighted by molar-refractivity contribution is 0.0501. The van der Waals surface area contributed by atoms with Crippen molar-refractivity contribution >= 4 is 16.7 Å². The first-order chi connectivity index (χ1) is 16.6. The molecule has 1 amide bonds. The second-order valence-electron chi connectivity index (χ2n) is 8.76. The zero-order chi connectivity index (χ0) is 23.9. The van der Waals surface area contributed by atoms with E-state index >= 15 is 0 Å². The minimum Gasteiger partial charge on any atom is -0.496 e. The maximum absolute atomic E-state index is 14.0. The van der Waals surface area contributed by atoms with Gasteiger partial charge in [0, 0.05) is 37.2 Å². The van der Waals surface area contributed by atoms with Gasteiger partial charge in [-0.3, -0.25) is 9.59 Å². The highest BCUT2D eigenvalue weighted by Gasteiger charge is 2.27. The summed E-state index contributed by atoms with van der Waals surface area (Å²) in [5.74, 6) is 0.525. The lowest BCUT2D eigenvalue weighted by atomic mass is 10.1. The van der Waals surface area contributed by atoms with E-state index in [0.717, 1.165) is 43.4 Å². The number of carbonyl (C=O) groups excluding carboxylic acids is 1. The first-order valence-electron chi connectivity index (χ1n) is 12.1. The summed E-state index contributed by atoms with van der Waals surface area (Å²) in [4.78, 5) is 28.8. The third-order valence-electron chi connectivity index (χ3n) is 6.33. The van der Waals surface area contributed by atoms with Crippen LogP contribution >= 0.6 is 0 Å². The molecule has 1 fully saturated rings. The summed E-state index contributed by atoms with van der Waals surface area (Å²) >= 11 is 0. The van der Waals surface area contributed by atoms with Gasteiger partial charge in [0.2, 0.25) is 0 Å². The van der Waals surface area contributed by atoms with Crippen LogP contribution in [0.3, 0.4) is 0 Å². The second kappa shape index (κ2) is 11.3. The number of hydrogen-bond donors (Lipinski definition) is 0. The van der Waals surface area contributed by atoms with Crippen LogP contribution in [0.15, 0.2) is 53.3 Å². The predicted molar refractivity (Wildman–Crippen MR) is 132 cm³/mol. The van der Waals surface area contributed by atoms with E-state index in [-0.39, 0.29) is 17.6 Å². The fourth-order valence-corrected chi connectivity index (χ4v) is 4.50. The summed E-state index contributed by atoms with van der Waals surface area (Å²) in [6.07, 6.45) is 4.78. The largest absolute Gasteiger partial charge is 0.496 e.